The molecule has 4 nitrogen and oxygen atoms in total. The number of nitrogen functional groups attached to an aromatic ring is 1. The van der Waals surface area contributed by atoms with Crippen LogP contribution in [0.15, 0.2) is 36.7 Å². The van der Waals surface area contributed by atoms with Crippen LogP contribution in [-0.4, -0.2) is 15.2 Å². The second kappa shape index (κ2) is 2.88. The Balaban J connectivity index is 2.32. The van der Waals surface area contributed by atoms with E-state index in [0.29, 0.717) is 0 Å². The van der Waals surface area contributed by atoms with Gasteiger partial charge < -0.3 is 10.7 Å². The van der Waals surface area contributed by atoms with Crippen LogP contribution < -0.4 is 5.73 Å². The molecule has 15 heavy (non-hydrogen) atoms. The molecule has 0 bridgehead atoms. The molecule has 1 aromatic carbocycles. The first-order chi connectivity index (χ1) is 7.34. The van der Waals surface area contributed by atoms with E-state index < -0.39 is 0 Å². The van der Waals surface area contributed by atoms with Gasteiger partial charge in [0.15, 0.2) is 0 Å². The van der Waals surface area contributed by atoms with Gasteiger partial charge in [-0.25, -0.2) is 0 Å². The van der Waals surface area contributed by atoms with Crippen LogP contribution in [0.4, 0.5) is 5.69 Å². The molecule has 2 heterocycles. The van der Waals surface area contributed by atoms with E-state index >= 15 is 0 Å². The highest BCUT2D eigenvalue weighted by Crippen LogP contribution is 2.27. The summed E-state index contributed by atoms with van der Waals surface area (Å²) in [5.41, 5.74) is 9.50. The lowest BCUT2D eigenvalue weighted by atomic mass is 10.1. The van der Waals surface area contributed by atoms with Crippen molar-refractivity contribution in [3.05, 3.63) is 36.7 Å². The standard InChI is InChI=1S/C11H10N4/c12-8-1-2-10-9(5-8)11(15-14-10)7-3-4-13-6-7/h1-6,13H,12H2,(H,14,15). The fourth-order valence-corrected chi connectivity index (χ4v) is 1.72. The van der Waals surface area contributed by atoms with Gasteiger partial charge in [-0.1, -0.05) is 0 Å². The second-order valence-electron chi connectivity index (χ2n) is 3.48. The largest absolute Gasteiger partial charge is 0.399 e. The smallest absolute Gasteiger partial charge is 0.101 e. The van der Waals surface area contributed by atoms with Gasteiger partial charge in [-0.2, -0.15) is 5.10 Å². The number of rotatable bonds is 1. The summed E-state index contributed by atoms with van der Waals surface area (Å²) in [7, 11) is 0. The molecular formula is C11H10N4. The van der Waals surface area contributed by atoms with Crippen molar-refractivity contribution in [1.82, 2.24) is 15.2 Å². The molecule has 0 aliphatic rings. The molecule has 3 aromatic rings. The summed E-state index contributed by atoms with van der Waals surface area (Å²) in [6.07, 6.45) is 3.79. The third-order valence-electron chi connectivity index (χ3n) is 2.46. The van der Waals surface area contributed by atoms with Gasteiger partial charge in [-0.3, -0.25) is 5.10 Å². The average Bonchev–Trinajstić information content (AvgIpc) is 2.83. The average molecular weight is 198 g/mol. The van der Waals surface area contributed by atoms with Crippen LogP contribution in [0.1, 0.15) is 0 Å². The molecule has 0 aliphatic heterocycles. The minimum Gasteiger partial charge on any atom is -0.399 e. The van der Waals surface area contributed by atoms with Crippen molar-refractivity contribution < 1.29 is 0 Å². The maximum Gasteiger partial charge on any atom is 0.101 e. The first-order valence-corrected chi connectivity index (χ1v) is 4.71. The number of H-pyrrole nitrogens is 2. The Morgan fingerprint density at radius 3 is 2.93 bits per heavy atom. The summed E-state index contributed by atoms with van der Waals surface area (Å²) in [4.78, 5) is 3.01. The van der Waals surface area contributed by atoms with Gasteiger partial charge in [0.2, 0.25) is 0 Å². The van der Waals surface area contributed by atoms with E-state index in [4.69, 9.17) is 5.73 Å². The maximum absolute atomic E-state index is 5.76. The van der Waals surface area contributed by atoms with Gasteiger partial charge in [0.05, 0.1) is 5.52 Å². The van der Waals surface area contributed by atoms with Gasteiger partial charge >= 0.3 is 0 Å². The topological polar surface area (TPSA) is 70.5 Å². The third-order valence-corrected chi connectivity index (χ3v) is 2.46. The summed E-state index contributed by atoms with van der Waals surface area (Å²) in [6, 6.07) is 7.72. The molecule has 3 rings (SSSR count). The molecule has 0 spiro atoms. The molecule has 0 aliphatic carbocycles. The maximum atomic E-state index is 5.76. The molecule has 0 radical (unpaired) electrons. The molecule has 0 unspecified atom stereocenters. The van der Waals surface area contributed by atoms with E-state index in [1.54, 1.807) is 0 Å². The summed E-state index contributed by atoms with van der Waals surface area (Å²) in [5.74, 6) is 0. The number of hydrogen-bond acceptors (Lipinski definition) is 2. The molecule has 0 saturated heterocycles. The Hall–Kier alpha value is -2.23. The number of nitrogens with zero attached hydrogens (tertiary/aromatic N) is 1. The molecule has 2 aromatic heterocycles. The van der Waals surface area contributed by atoms with Crippen LogP contribution in [0.25, 0.3) is 22.2 Å². The van der Waals surface area contributed by atoms with E-state index in [0.717, 1.165) is 27.8 Å². The van der Waals surface area contributed by atoms with Crippen molar-refractivity contribution in [1.29, 1.82) is 0 Å². The SMILES string of the molecule is Nc1ccc2[nH]nc(-c3cc[nH]c3)c2c1. The minimum absolute atomic E-state index is 0.751. The Kier molecular flexibility index (Phi) is 1.56. The fraction of sp³-hybridized carbons (Fsp3) is 0. The van der Waals surface area contributed by atoms with Gasteiger partial charge in [-0.05, 0) is 24.3 Å². The number of hydrogen-bond donors (Lipinski definition) is 3. The van der Waals surface area contributed by atoms with Crippen molar-refractivity contribution in [2.24, 2.45) is 0 Å². The summed E-state index contributed by atoms with van der Waals surface area (Å²) < 4.78 is 0. The van der Waals surface area contributed by atoms with E-state index in [2.05, 4.69) is 15.2 Å². The highest BCUT2D eigenvalue weighted by atomic mass is 15.1. The van der Waals surface area contributed by atoms with E-state index in [-0.39, 0.29) is 0 Å². The lowest BCUT2D eigenvalue weighted by Gasteiger charge is -1.94. The highest BCUT2D eigenvalue weighted by molar-refractivity contribution is 5.94. The molecule has 4 heteroatoms. The van der Waals surface area contributed by atoms with Crippen LogP contribution in [0.3, 0.4) is 0 Å². The lowest BCUT2D eigenvalue weighted by Crippen LogP contribution is -1.82. The third kappa shape index (κ3) is 1.19. The van der Waals surface area contributed by atoms with E-state index in [1.807, 2.05) is 36.7 Å². The van der Waals surface area contributed by atoms with Crippen molar-refractivity contribution in [3.63, 3.8) is 0 Å². The second-order valence-corrected chi connectivity index (χ2v) is 3.48. The number of aromatic nitrogens is 3. The molecule has 0 saturated carbocycles. The highest BCUT2D eigenvalue weighted by Gasteiger charge is 2.07. The molecule has 0 amide bonds. The molecule has 74 valence electrons. The predicted octanol–water partition coefficient (Wildman–Crippen LogP) is 2.14. The van der Waals surface area contributed by atoms with Crippen molar-refractivity contribution in [2.45, 2.75) is 0 Å². The quantitative estimate of drug-likeness (QED) is 0.524. The monoisotopic (exact) mass is 198 g/mol. The zero-order valence-corrected chi connectivity index (χ0v) is 7.99. The van der Waals surface area contributed by atoms with Gasteiger partial charge in [-0.15, -0.1) is 0 Å². The van der Waals surface area contributed by atoms with Crippen molar-refractivity contribution in [2.75, 3.05) is 5.73 Å². The van der Waals surface area contributed by atoms with E-state index in [9.17, 15) is 0 Å². The lowest BCUT2D eigenvalue weighted by molar-refractivity contribution is 1.12. The summed E-state index contributed by atoms with van der Waals surface area (Å²) in [6.45, 7) is 0. The Labute approximate surface area is 86.1 Å². The number of aromatic amines is 2. The molecule has 0 atom stereocenters. The minimum atomic E-state index is 0.751. The van der Waals surface area contributed by atoms with Crippen LogP contribution >= 0.6 is 0 Å². The van der Waals surface area contributed by atoms with Crippen LogP contribution in [0.2, 0.25) is 0 Å². The zero-order chi connectivity index (χ0) is 10.3. The normalized spacial score (nSPS) is 10.9. The van der Waals surface area contributed by atoms with Crippen molar-refractivity contribution >= 4 is 16.6 Å². The number of nitrogens with two attached hydrogens (primary N) is 1. The fourth-order valence-electron chi connectivity index (χ4n) is 1.72. The Bertz CT molecular complexity index is 592. The van der Waals surface area contributed by atoms with Gasteiger partial charge in [0, 0.05) is 29.0 Å². The summed E-state index contributed by atoms with van der Waals surface area (Å²) >= 11 is 0. The number of benzene rings is 1. The molecular weight excluding hydrogens is 188 g/mol. The van der Waals surface area contributed by atoms with E-state index in [1.165, 1.54) is 0 Å². The van der Waals surface area contributed by atoms with Crippen LogP contribution in [0, 0.1) is 0 Å². The van der Waals surface area contributed by atoms with Gasteiger partial charge in [0.1, 0.15) is 5.69 Å². The summed E-state index contributed by atoms with van der Waals surface area (Å²) in [5, 5.41) is 8.31. The zero-order valence-electron chi connectivity index (χ0n) is 7.99. The number of fused-ring (bicyclic) bond motifs is 1. The van der Waals surface area contributed by atoms with Crippen LogP contribution in [-0.2, 0) is 0 Å². The van der Waals surface area contributed by atoms with Gasteiger partial charge in [0.25, 0.3) is 0 Å². The first kappa shape index (κ1) is 8.11. The first-order valence-electron chi connectivity index (χ1n) is 4.71. The number of anilines is 1. The Morgan fingerprint density at radius 1 is 1.20 bits per heavy atom. The molecule has 0 fully saturated rings. The van der Waals surface area contributed by atoms with Crippen LogP contribution in [0.5, 0.6) is 0 Å². The predicted molar refractivity (Wildman–Crippen MR) is 60.3 cm³/mol. The molecule has 4 N–H and O–H groups in total. The van der Waals surface area contributed by atoms with Crippen molar-refractivity contribution in [3.8, 4) is 11.3 Å². The Morgan fingerprint density at radius 2 is 2.13 bits per heavy atom. The number of nitrogens with one attached hydrogen (secondary N) is 2.